The van der Waals surface area contributed by atoms with Gasteiger partial charge in [-0.25, -0.2) is 0 Å². The summed E-state index contributed by atoms with van der Waals surface area (Å²) in [4.78, 5) is 12.6. The van der Waals surface area contributed by atoms with Gasteiger partial charge in [0.25, 0.3) is 0 Å². The zero-order valence-corrected chi connectivity index (χ0v) is 12.2. The first-order valence-corrected chi connectivity index (χ1v) is 7.35. The Morgan fingerprint density at radius 3 is 2.37 bits per heavy atom. The van der Waals surface area contributed by atoms with E-state index in [1.165, 1.54) is 11.8 Å². The average molecular weight is 282 g/mol. The third-order valence-electron chi connectivity index (χ3n) is 3.82. The molecule has 1 aromatic carbocycles. The predicted molar refractivity (Wildman–Crippen MR) is 74.5 cm³/mol. The predicted octanol–water partition coefficient (Wildman–Crippen LogP) is 2.93. The van der Waals surface area contributed by atoms with Crippen molar-refractivity contribution in [2.75, 3.05) is 20.5 Å². The smallest absolute Gasteiger partial charge is 0.314 e. The van der Waals surface area contributed by atoms with Crippen LogP contribution in [0.3, 0.4) is 0 Å². The van der Waals surface area contributed by atoms with Gasteiger partial charge >= 0.3 is 5.97 Å². The molecule has 1 saturated carbocycles. The van der Waals surface area contributed by atoms with Gasteiger partial charge in [0.1, 0.15) is 11.5 Å². The number of methoxy groups -OCH3 is 2. The van der Waals surface area contributed by atoms with Crippen molar-refractivity contribution in [3.63, 3.8) is 0 Å². The van der Waals surface area contributed by atoms with Crippen LogP contribution in [-0.4, -0.2) is 31.6 Å². The first kappa shape index (κ1) is 14.1. The van der Waals surface area contributed by atoms with Crippen molar-refractivity contribution in [3.8, 4) is 11.5 Å². The molecule has 1 aliphatic rings. The first-order chi connectivity index (χ1) is 9.08. The summed E-state index contributed by atoms with van der Waals surface area (Å²) >= 11 is 1.53. The Kier molecular flexibility index (Phi) is 3.94. The number of ether oxygens (including phenoxy) is 2. The van der Waals surface area contributed by atoms with Crippen molar-refractivity contribution in [1.29, 1.82) is 0 Å². The molecule has 5 heteroatoms. The zero-order chi connectivity index (χ0) is 14.0. The molecular formula is C14H18O4S. The number of hydrogen-bond acceptors (Lipinski definition) is 4. The summed E-state index contributed by atoms with van der Waals surface area (Å²) in [6.07, 6.45) is 4.18. The maximum Gasteiger partial charge on any atom is 0.314 e. The molecule has 104 valence electrons. The summed E-state index contributed by atoms with van der Waals surface area (Å²) in [7, 11) is 3.17. The third kappa shape index (κ3) is 2.16. The van der Waals surface area contributed by atoms with Gasteiger partial charge in [-0.1, -0.05) is 6.42 Å². The van der Waals surface area contributed by atoms with Crippen molar-refractivity contribution in [3.05, 3.63) is 17.7 Å². The molecular weight excluding hydrogens is 264 g/mol. The van der Waals surface area contributed by atoms with E-state index in [1.807, 2.05) is 12.3 Å². The second-order valence-corrected chi connectivity index (χ2v) is 5.50. The van der Waals surface area contributed by atoms with Gasteiger partial charge < -0.3 is 14.6 Å². The minimum atomic E-state index is -0.815. The Morgan fingerprint density at radius 2 is 2.00 bits per heavy atom. The quantitative estimate of drug-likeness (QED) is 0.841. The molecule has 0 atom stereocenters. The Labute approximate surface area is 117 Å². The fourth-order valence-electron chi connectivity index (χ4n) is 2.54. The molecule has 1 aromatic rings. The van der Waals surface area contributed by atoms with Gasteiger partial charge in [0.05, 0.1) is 24.5 Å². The van der Waals surface area contributed by atoms with E-state index in [0.29, 0.717) is 24.3 Å². The molecule has 1 fully saturated rings. The second kappa shape index (κ2) is 5.33. The van der Waals surface area contributed by atoms with E-state index in [0.717, 1.165) is 16.9 Å². The molecule has 2 rings (SSSR count). The second-order valence-electron chi connectivity index (χ2n) is 4.65. The first-order valence-electron chi connectivity index (χ1n) is 6.13. The number of aliphatic carboxylic acids is 1. The Balaban J connectivity index is 2.63. The largest absolute Gasteiger partial charge is 0.497 e. The van der Waals surface area contributed by atoms with E-state index in [4.69, 9.17) is 9.47 Å². The number of hydrogen-bond donors (Lipinski definition) is 1. The van der Waals surface area contributed by atoms with Gasteiger partial charge in [-0.15, -0.1) is 11.8 Å². The third-order valence-corrected chi connectivity index (χ3v) is 4.56. The summed E-state index contributed by atoms with van der Waals surface area (Å²) in [5.41, 5.74) is -0.0814. The SMILES string of the molecule is COc1cc(SC)c(OC)c(C2(C(=O)O)CCC2)c1. The highest BCUT2D eigenvalue weighted by Gasteiger charge is 2.48. The monoisotopic (exact) mass is 282 g/mol. The average Bonchev–Trinajstić information content (AvgIpc) is 2.35. The highest BCUT2D eigenvalue weighted by molar-refractivity contribution is 7.98. The molecule has 0 bridgehead atoms. The normalized spacial score (nSPS) is 16.6. The lowest BCUT2D eigenvalue weighted by Gasteiger charge is -2.39. The van der Waals surface area contributed by atoms with E-state index in [2.05, 4.69) is 0 Å². The number of thioether (sulfide) groups is 1. The zero-order valence-electron chi connectivity index (χ0n) is 11.4. The molecule has 0 saturated heterocycles. The molecule has 19 heavy (non-hydrogen) atoms. The van der Waals surface area contributed by atoms with Crippen LogP contribution >= 0.6 is 11.8 Å². The Morgan fingerprint density at radius 1 is 1.32 bits per heavy atom. The van der Waals surface area contributed by atoms with Gasteiger partial charge in [-0.05, 0) is 31.2 Å². The highest BCUT2D eigenvalue weighted by Crippen LogP contribution is 2.50. The highest BCUT2D eigenvalue weighted by atomic mass is 32.2. The summed E-state index contributed by atoms with van der Waals surface area (Å²) in [5, 5.41) is 9.58. The topological polar surface area (TPSA) is 55.8 Å². The van der Waals surface area contributed by atoms with Gasteiger partial charge in [0.2, 0.25) is 0 Å². The molecule has 1 aliphatic carbocycles. The van der Waals surface area contributed by atoms with E-state index in [9.17, 15) is 9.90 Å². The van der Waals surface area contributed by atoms with Crippen LogP contribution in [0.15, 0.2) is 17.0 Å². The van der Waals surface area contributed by atoms with Crippen LogP contribution in [0.5, 0.6) is 11.5 Å². The van der Waals surface area contributed by atoms with Crippen LogP contribution in [0.1, 0.15) is 24.8 Å². The summed E-state index contributed by atoms with van der Waals surface area (Å²) in [5.74, 6) is 0.556. The van der Waals surface area contributed by atoms with Crippen LogP contribution in [0, 0.1) is 0 Å². The van der Waals surface area contributed by atoms with E-state index >= 15 is 0 Å². The van der Waals surface area contributed by atoms with Crippen LogP contribution in [0.4, 0.5) is 0 Å². The van der Waals surface area contributed by atoms with Crippen LogP contribution in [0.25, 0.3) is 0 Å². The minimum Gasteiger partial charge on any atom is -0.497 e. The van der Waals surface area contributed by atoms with Crippen LogP contribution in [0.2, 0.25) is 0 Å². The van der Waals surface area contributed by atoms with Crippen molar-refractivity contribution < 1.29 is 19.4 Å². The lowest BCUT2D eigenvalue weighted by molar-refractivity contribution is -0.147. The molecule has 0 spiro atoms. The van der Waals surface area contributed by atoms with Gasteiger partial charge in [0, 0.05) is 5.56 Å². The van der Waals surface area contributed by atoms with E-state index < -0.39 is 11.4 Å². The number of rotatable bonds is 5. The number of benzene rings is 1. The molecule has 0 aromatic heterocycles. The lowest BCUT2D eigenvalue weighted by Crippen LogP contribution is -2.42. The van der Waals surface area contributed by atoms with E-state index in [-0.39, 0.29) is 0 Å². The molecule has 0 unspecified atom stereocenters. The number of carbonyl (C=O) groups is 1. The molecule has 0 amide bonds. The molecule has 4 nitrogen and oxygen atoms in total. The maximum absolute atomic E-state index is 11.7. The van der Waals surface area contributed by atoms with Gasteiger partial charge in [0.15, 0.2) is 0 Å². The van der Waals surface area contributed by atoms with E-state index in [1.54, 1.807) is 20.3 Å². The maximum atomic E-state index is 11.7. The van der Waals surface area contributed by atoms with Crippen LogP contribution in [-0.2, 0) is 10.2 Å². The molecule has 0 heterocycles. The number of carboxylic acid groups (broad SMARTS) is 1. The summed E-state index contributed by atoms with van der Waals surface area (Å²) < 4.78 is 10.7. The Hall–Kier alpha value is -1.36. The molecule has 0 aliphatic heterocycles. The van der Waals surface area contributed by atoms with Crippen molar-refractivity contribution in [1.82, 2.24) is 0 Å². The van der Waals surface area contributed by atoms with Gasteiger partial charge in [-0.3, -0.25) is 4.79 Å². The van der Waals surface area contributed by atoms with Crippen molar-refractivity contribution >= 4 is 17.7 Å². The standard InChI is InChI=1S/C14H18O4S/c1-17-9-7-10(12(18-2)11(8-9)19-3)14(13(15)16)5-4-6-14/h7-8H,4-6H2,1-3H3,(H,15,16). The molecule has 0 radical (unpaired) electrons. The fraction of sp³-hybridized carbons (Fsp3) is 0.500. The summed E-state index contributed by atoms with van der Waals surface area (Å²) in [6, 6.07) is 3.67. The Bertz CT molecular complexity index is 494. The molecule has 1 N–H and O–H groups in total. The minimum absolute atomic E-state index is 0.652. The summed E-state index contributed by atoms with van der Waals surface area (Å²) in [6.45, 7) is 0. The van der Waals surface area contributed by atoms with Crippen LogP contribution < -0.4 is 9.47 Å². The fourth-order valence-corrected chi connectivity index (χ4v) is 3.15. The number of carboxylic acids is 1. The van der Waals surface area contributed by atoms with Gasteiger partial charge in [-0.2, -0.15) is 0 Å². The van der Waals surface area contributed by atoms with Crippen molar-refractivity contribution in [2.45, 2.75) is 29.6 Å². The van der Waals surface area contributed by atoms with Crippen molar-refractivity contribution in [2.24, 2.45) is 0 Å². The lowest BCUT2D eigenvalue weighted by atomic mass is 9.64.